The van der Waals surface area contributed by atoms with E-state index in [1.807, 2.05) is 6.92 Å². The van der Waals surface area contributed by atoms with Crippen LogP contribution in [0.25, 0.3) is 0 Å². The molecule has 1 aromatic heterocycles. The number of sulfonamides is 1. The van der Waals surface area contributed by atoms with E-state index in [1.165, 1.54) is 10.5 Å². The zero-order chi connectivity index (χ0) is 13.9. The van der Waals surface area contributed by atoms with Crippen molar-refractivity contribution in [2.75, 3.05) is 25.0 Å². The van der Waals surface area contributed by atoms with E-state index in [0.717, 1.165) is 6.42 Å². The number of hydrogen-bond donors (Lipinski definition) is 2. The summed E-state index contributed by atoms with van der Waals surface area (Å²) in [6.07, 6.45) is 4.40. The molecule has 2 rings (SSSR count). The number of hydrogen-bond acceptors (Lipinski definition) is 5. The van der Waals surface area contributed by atoms with E-state index in [-0.39, 0.29) is 17.5 Å². The maximum atomic E-state index is 12.6. The molecule has 1 fully saturated rings. The number of aliphatic hydroxyl groups excluding tert-OH is 1. The summed E-state index contributed by atoms with van der Waals surface area (Å²) in [6.45, 7) is 2.85. The molecule has 0 amide bonds. The van der Waals surface area contributed by atoms with Crippen molar-refractivity contribution in [1.82, 2.24) is 9.29 Å². The first-order valence-electron chi connectivity index (χ1n) is 6.41. The van der Waals surface area contributed by atoms with Crippen molar-refractivity contribution in [2.45, 2.75) is 30.7 Å². The number of anilines is 1. The fourth-order valence-electron chi connectivity index (χ4n) is 2.36. The Bertz CT molecular complexity index is 533. The lowest BCUT2D eigenvalue weighted by molar-refractivity contribution is 0.213. The average molecular weight is 285 g/mol. The standard InChI is InChI=1S/C12H19N3O3S/c1-2-14-11-5-6-13-8-12(11)19(17,18)15-7-3-4-10(15)9-16/h5-6,8,10,16H,2-4,7,9H2,1H3,(H,13,14). The first kappa shape index (κ1) is 14.2. The summed E-state index contributed by atoms with van der Waals surface area (Å²) in [4.78, 5) is 4.09. The fourth-order valence-corrected chi connectivity index (χ4v) is 4.16. The van der Waals surface area contributed by atoms with Gasteiger partial charge in [-0.1, -0.05) is 0 Å². The summed E-state index contributed by atoms with van der Waals surface area (Å²) in [5.74, 6) is 0. The molecule has 2 N–H and O–H groups in total. The van der Waals surface area contributed by atoms with Gasteiger partial charge in [-0.25, -0.2) is 8.42 Å². The number of pyridine rings is 1. The predicted octanol–water partition coefficient (Wildman–Crippen LogP) is 0.659. The van der Waals surface area contributed by atoms with E-state index in [1.54, 1.807) is 12.3 Å². The second-order valence-corrected chi connectivity index (χ2v) is 6.36. The molecule has 1 unspecified atom stereocenters. The molecule has 7 heteroatoms. The summed E-state index contributed by atoms with van der Waals surface area (Å²) in [7, 11) is -3.60. The molecule has 19 heavy (non-hydrogen) atoms. The van der Waals surface area contributed by atoms with Crippen LogP contribution in [0.2, 0.25) is 0 Å². The van der Waals surface area contributed by atoms with E-state index < -0.39 is 10.0 Å². The van der Waals surface area contributed by atoms with Crippen molar-refractivity contribution < 1.29 is 13.5 Å². The highest BCUT2D eigenvalue weighted by molar-refractivity contribution is 7.89. The Morgan fingerprint density at radius 1 is 1.58 bits per heavy atom. The molecule has 1 saturated heterocycles. The first-order valence-corrected chi connectivity index (χ1v) is 7.85. The second kappa shape index (κ2) is 5.85. The average Bonchev–Trinajstić information content (AvgIpc) is 2.88. The van der Waals surface area contributed by atoms with Gasteiger partial charge in [0.15, 0.2) is 0 Å². The van der Waals surface area contributed by atoms with Gasteiger partial charge in [0.1, 0.15) is 4.90 Å². The van der Waals surface area contributed by atoms with Crippen LogP contribution >= 0.6 is 0 Å². The fraction of sp³-hybridized carbons (Fsp3) is 0.583. The molecule has 1 aliphatic rings. The van der Waals surface area contributed by atoms with Crippen molar-refractivity contribution in [3.63, 3.8) is 0 Å². The number of rotatable bonds is 5. The summed E-state index contributed by atoms with van der Waals surface area (Å²) < 4.78 is 26.6. The summed E-state index contributed by atoms with van der Waals surface area (Å²) in [5, 5.41) is 12.3. The van der Waals surface area contributed by atoms with Gasteiger partial charge in [0, 0.05) is 31.5 Å². The molecule has 1 atom stereocenters. The Hall–Kier alpha value is -1.18. The molecule has 0 radical (unpaired) electrons. The van der Waals surface area contributed by atoms with Gasteiger partial charge in [-0.2, -0.15) is 4.31 Å². The Labute approximate surface area is 113 Å². The number of nitrogens with zero attached hydrogens (tertiary/aromatic N) is 2. The van der Waals surface area contributed by atoms with Crippen molar-refractivity contribution in [3.8, 4) is 0 Å². The van der Waals surface area contributed by atoms with Crippen LogP contribution in [0.3, 0.4) is 0 Å². The Kier molecular flexibility index (Phi) is 4.38. The van der Waals surface area contributed by atoms with E-state index >= 15 is 0 Å². The third kappa shape index (κ3) is 2.72. The molecule has 6 nitrogen and oxygen atoms in total. The van der Waals surface area contributed by atoms with Gasteiger partial charge in [-0.05, 0) is 25.8 Å². The maximum absolute atomic E-state index is 12.6. The number of nitrogens with one attached hydrogen (secondary N) is 1. The number of aromatic nitrogens is 1. The lowest BCUT2D eigenvalue weighted by Crippen LogP contribution is -2.37. The zero-order valence-electron chi connectivity index (χ0n) is 10.9. The minimum atomic E-state index is -3.60. The van der Waals surface area contributed by atoms with Gasteiger partial charge in [0.25, 0.3) is 0 Å². The third-order valence-corrected chi connectivity index (χ3v) is 5.25. The molecule has 0 aliphatic carbocycles. The summed E-state index contributed by atoms with van der Waals surface area (Å²) in [5.41, 5.74) is 0.557. The summed E-state index contributed by atoms with van der Waals surface area (Å²) in [6, 6.07) is 1.33. The molecule has 0 saturated carbocycles. The van der Waals surface area contributed by atoms with Gasteiger partial charge in [-0.3, -0.25) is 4.98 Å². The van der Waals surface area contributed by atoms with Crippen LogP contribution in [0, 0.1) is 0 Å². The molecule has 0 bridgehead atoms. The highest BCUT2D eigenvalue weighted by Gasteiger charge is 2.36. The van der Waals surface area contributed by atoms with Gasteiger partial charge < -0.3 is 10.4 Å². The Morgan fingerprint density at radius 2 is 2.37 bits per heavy atom. The van der Waals surface area contributed by atoms with Gasteiger partial charge >= 0.3 is 0 Å². The van der Waals surface area contributed by atoms with Crippen LogP contribution in [-0.2, 0) is 10.0 Å². The number of aliphatic hydroxyl groups is 1. The molecule has 2 heterocycles. The summed E-state index contributed by atoms with van der Waals surface area (Å²) >= 11 is 0. The molecular weight excluding hydrogens is 266 g/mol. The smallest absolute Gasteiger partial charge is 0.247 e. The third-order valence-electron chi connectivity index (χ3n) is 3.27. The van der Waals surface area contributed by atoms with Crippen LogP contribution in [0.4, 0.5) is 5.69 Å². The molecule has 1 aromatic rings. The van der Waals surface area contributed by atoms with E-state index in [9.17, 15) is 13.5 Å². The highest BCUT2D eigenvalue weighted by Crippen LogP contribution is 2.29. The molecule has 0 spiro atoms. The zero-order valence-corrected chi connectivity index (χ0v) is 11.7. The minimum absolute atomic E-state index is 0.143. The molecular formula is C12H19N3O3S. The second-order valence-electron chi connectivity index (χ2n) is 4.50. The lowest BCUT2D eigenvalue weighted by Gasteiger charge is -2.23. The van der Waals surface area contributed by atoms with E-state index in [0.29, 0.717) is 25.2 Å². The van der Waals surface area contributed by atoms with Gasteiger partial charge in [0.2, 0.25) is 10.0 Å². The van der Waals surface area contributed by atoms with Crippen LogP contribution in [-0.4, -0.2) is 48.6 Å². The van der Waals surface area contributed by atoms with E-state index in [2.05, 4.69) is 10.3 Å². The first-order chi connectivity index (χ1) is 9.11. The monoisotopic (exact) mass is 285 g/mol. The van der Waals surface area contributed by atoms with Crippen LogP contribution in [0.5, 0.6) is 0 Å². The minimum Gasteiger partial charge on any atom is -0.395 e. The van der Waals surface area contributed by atoms with Crippen LogP contribution in [0.15, 0.2) is 23.4 Å². The Balaban J connectivity index is 2.39. The van der Waals surface area contributed by atoms with Crippen LogP contribution < -0.4 is 5.32 Å². The van der Waals surface area contributed by atoms with Gasteiger partial charge in [0.05, 0.1) is 12.3 Å². The molecule has 106 valence electrons. The van der Waals surface area contributed by atoms with Crippen molar-refractivity contribution >= 4 is 15.7 Å². The largest absolute Gasteiger partial charge is 0.395 e. The maximum Gasteiger partial charge on any atom is 0.247 e. The predicted molar refractivity (Wildman–Crippen MR) is 72.4 cm³/mol. The Morgan fingerprint density at radius 3 is 3.05 bits per heavy atom. The normalized spacial score (nSPS) is 20.6. The quantitative estimate of drug-likeness (QED) is 0.830. The van der Waals surface area contributed by atoms with E-state index in [4.69, 9.17) is 0 Å². The van der Waals surface area contributed by atoms with Crippen molar-refractivity contribution in [2.24, 2.45) is 0 Å². The van der Waals surface area contributed by atoms with Crippen molar-refractivity contribution in [3.05, 3.63) is 18.5 Å². The molecule has 0 aromatic carbocycles. The topological polar surface area (TPSA) is 82.5 Å². The van der Waals surface area contributed by atoms with Crippen LogP contribution in [0.1, 0.15) is 19.8 Å². The van der Waals surface area contributed by atoms with Gasteiger partial charge in [-0.15, -0.1) is 0 Å². The lowest BCUT2D eigenvalue weighted by atomic mass is 10.2. The molecule has 1 aliphatic heterocycles. The SMILES string of the molecule is CCNc1ccncc1S(=O)(=O)N1CCCC1CO. The van der Waals surface area contributed by atoms with Crippen molar-refractivity contribution in [1.29, 1.82) is 0 Å². The highest BCUT2D eigenvalue weighted by atomic mass is 32.2.